The Balaban J connectivity index is 1.64. The van der Waals surface area contributed by atoms with Crippen LogP contribution in [0, 0.1) is 5.92 Å². The monoisotopic (exact) mass is 255 g/mol. The Morgan fingerprint density at radius 3 is 2.50 bits per heavy atom. The van der Waals surface area contributed by atoms with E-state index in [1.807, 2.05) is 0 Å². The van der Waals surface area contributed by atoms with E-state index >= 15 is 0 Å². The van der Waals surface area contributed by atoms with Gasteiger partial charge in [-0.25, -0.2) is 0 Å². The first-order valence-corrected chi connectivity index (χ1v) is 7.70. The molecular weight excluding hydrogens is 226 g/mol. The molecule has 2 atom stereocenters. The number of rotatable bonds is 5. The van der Waals surface area contributed by atoms with Crippen molar-refractivity contribution in [1.82, 2.24) is 5.32 Å². The summed E-state index contributed by atoms with van der Waals surface area (Å²) in [7, 11) is 0. The topological polar surface area (TPSA) is 41.5 Å². The Bertz CT molecular complexity index is 249. The van der Waals surface area contributed by atoms with Gasteiger partial charge in [-0.2, -0.15) is 0 Å². The highest BCUT2D eigenvalue weighted by Crippen LogP contribution is 2.33. The van der Waals surface area contributed by atoms with Crippen molar-refractivity contribution in [2.45, 2.75) is 76.6 Å². The van der Waals surface area contributed by atoms with Gasteiger partial charge < -0.3 is 15.2 Å². The molecule has 0 radical (unpaired) electrons. The van der Waals surface area contributed by atoms with Crippen molar-refractivity contribution in [1.29, 1.82) is 0 Å². The van der Waals surface area contributed by atoms with E-state index in [1.54, 1.807) is 0 Å². The van der Waals surface area contributed by atoms with Gasteiger partial charge in [0.05, 0.1) is 17.8 Å². The van der Waals surface area contributed by atoms with Crippen molar-refractivity contribution >= 4 is 0 Å². The molecule has 2 N–H and O–H groups in total. The molecule has 18 heavy (non-hydrogen) atoms. The predicted octanol–water partition coefficient (Wildman–Crippen LogP) is 2.47. The lowest BCUT2D eigenvalue weighted by molar-refractivity contribution is -0.0127. The van der Waals surface area contributed by atoms with Crippen LogP contribution in [0.4, 0.5) is 0 Å². The zero-order valence-corrected chi connectivity index (χ0v) is 12.0. The summed E-state index contributed by atoms with van der Waals surface area (Å²) in [5, 5.41) is 13.9. The highest BCUT2D eigenvalue weighted by molar-refractivity contribution is 4.87. The van der Waals surface area contributed by atoms with E-state index in [0.717, 1.165) is 38.3 Å². The Labute approximate surface area is 111 Å². The van der Waals surface area contributed by atoms with E-state index in [2.05, 4.69) is 19.2 Å². The van der Waals surface area contributed by atoms with Crippen molar-refractivity contribution in [3.05, 3.63) is 0 Å². The van der Waals surface area contributed by atoms with Crippen molar-refractivity contribution < 1.29 is 9.84 Å². The van der Waals surface area contributed by atoms with Crippen LogP contribution in [-0.4, -0.2) is 36.0 Å². The molecule has 0 bridgehead atoms. The van der Waals surface area contributed by atoms with E-state index in [4.69, 9.17) is 4.74 Å². The maximum Gasteiger partial charge on any atom is 0.0771 e. The SMILES string of the molecule is CCC1CCC(O)(CNCC2CCC(C)O2)CC1. The van der Waals surface area contributed by atoms with Gasteiger partial charge in [-0.05, 0) is 51.4 Å². The number of nitrogens with one attached hydrogen (secondary N) is 1. The smallest absolute Gasteiger partial charge is 0.0771 e. The minimum atomic E-state index is -0.462. The third kappa shape index (κ3) is 3.94. The van der Waals surface area contributed by atoms with Gasteiger partial charge in [-0.15, -0.1) is 0 Å². The number of hydrogen-bond acceptors (Lipinski definition) is 3. The lowest BCUT2D eigenvalue weighted by Gasteiger charge is -2.36. The van der Waals surface area contributed by atoms with Gasteiger partial charge in [-0.1, -0.05) is 13.3 Å². The normalized spacial score (nSPS) is 41.2. The van der Waals surface area contributed by atoms with Crippen molar-refractivity contribution in [2.24, 2.45) is 5.92 Å². The van der Waals surface area contributed by atoms with E-state index in [-0.39, 0.29) is 0 Å². The standard InChI is InChI=1S/C15H29NO2/c1-3-13-6-8-15(17,9-7-13)11-16-10-14-5-4-12(2)18-14/h12-14,16-17H,3-11H2,1-2H3. The molecule has 0 aromatic heterocycles. The van der Waals surface area contributed by atoms with Gasteiger partial charge >= 0.3 is 0 Å². The highest BCUT2D eigenvalue weighted by atomic mass is 16.5. The fourth-order valence-electron chi connectivity index (χ4n) is 3.30. The second kappa shape index (κ2) is 6.36. The molecule has 0 spiro atoms. The van der Waals surface area contributed by atoms with Gasteiger partial charge in [-0.3, -0.25) is 0 Å². The Hall–Kier alpha value is -0.120. The van der Waals surface area contributed by atoms with Crippen LogP contribution in [0.15, 0.2) is 0 Å². The summed E-state index contributed by atoms with van der Waals surface area (Å²) < 4.78 is 5.77. The van der Waals surface area contributed by atoms with E-state index in [0.29, 0.717) is 12.2 Å². The second-order valence-electron chi connectivity index (χ2n) is 6.35. The van der Waals surface area contributed by atoms with Crippen LogP contribution in [0.3, 0.4) is 0 Å². The third-order valence-corrected chi connectivity index (χ3v) is 4.76. The number of aliphatic hydroxyl groups is 1. The lowest BCUT2D eigenvalue weighted by atomic mass is 9.78. The second-order valence-corrected chi connectivity index (χ2v) is 6.35. The van der Waals surface area contributed by atoms with Gasteiger partial charge in [0.25, 0.3) is 0 Å². The zero-order valence-electron chi connectivity index (χ0n) is 12.0. The summed E-state index contributed by atoms with van der Waals surface area (Å²) in [4.78, 5) is 0. The first-order chi connectivity index (χ1) is 8.61. The van der Waals surface area contributed by atoms with Crippen LogP contribution in [0.5, 0.6) is 0 Å². The molecule has 1 heterocycles. The molecule has 3 heteroatoms. The van der Waals surface area contributed by atoms with Crippen LogP contribution < -0.4 is 5.32 Å². The minimum Gasteiger partial charge on any atom is -0.389 e. The maximum atomic E-state index is 10.5. The molecule has 1 aliphatic heterocycles. The molecule has 2 rings (SSSR count). The largest absolute Gasteiger partial charge is 0.389 e. The lowest BCUT2D eigenvalue weighted by Crippen LogP contribution is -2.45. The van der Waals surface area contributed by atoms with E-state index in [1.165, 1.54) is 25.7 Å². The van der Waals surface area contributed by atoms with Crippen molar-refractivity contribution in [3.8, 4) is 0 Å². The summed E-state index contributed by atoms with van der Waals surface area (Å²) in [6, 6.07) is 0. The Morgan fingerprint density at radius 1 is 1.22 bits per heavy atom. The van der Waals surface area contributed by atoms with Crippen LogP contribution >= 0.6 is 0 Å². The summed E-state index contributed by atoms with van der Waals surface area (Å²) in [5.74, 6) is 0.837. The quantitative estimate of drug-likeness (QED) is 0.793. The molecule has 2 fully saturated rings. The molecule has 3 nitrogen and oxygen atoms in total. The predicted molar refractivity (Wildman–Crippen MR) is 73.6 cm³/mol. The van der Waals surface area contributed by atoms with E-state index in [9.17, 15) is 5.11 Å². The van der Waals surface area contributed by atoms with Gasteiger partial charge in [0, 0.05) is 13.1 Å². The molecule has 0 amide bonds. The third-order valence-electron chi connectivity index (χ3n) is 4.76. The van der Waals surface area contributed by atoms with Gasteiger partial charge in [0.2, 0.25) is 0 Å². The van der Waals surface area contributed by atoms with E-state index < -0.39 is 5.60 Å². The fourth-order valence-corrected chi connectivity index (χ4v) is 3.30. The zero-order chi connectivity index (χ0) is 13.0. The molecule has 2 aliphatic rings. The molecule has 0 aromatic rings. The van der Waals surface area contributed by atoms with Crippen molar-refractivity contribution in [2.75, 3.05) is 13.1 Å². The Morgan fingerprint density at radius 2 is 1.94 bits per heavy atom. The minimum absolute atomic E-state index is 0.357. The highest BCUT2D eigenvalue weighted by Gasteiger charge is 2.32. The first-order valence-electron chi connectivity index (χ1n) is 7.70. The first kappa shape index (κ1) is 14.3. The van der Waals surface area contributed by atoms with Crippen LogP contribution in [0.1, 0.15) is 58.8 Å². The average Bonchev–Trinajstić information content (AvgIpc) is 2.76. The molecular formula is C15H29NO2. The van der Waals surface area contributed by atoms with Gasteiger partial charge in [0.15, 0.2) is 0 Å². The Kier molecular flexibility index (Phi) is 5.05. The van der Waals surface area contributed by atoms with Crippen molar-refractivity contribution in [3.63, 3.8) is 0 Å². The fraction of sp³-hybridized carbons (Fsp3) is 1.00. The summed E-state index contributed by atoms with van der Waals surface area (Å²) in [6.45, 7) is 6.02. The summed E-state index contributed by atoms with van der Waals surface area (Å²) >= 11 is 0. The van der Waals surface area contributed by atoms with Crippen LogP contribution in [-0.2, 0) is 4.74 Å². The van der Waals surface area contributed by atoms with Gasteiger partial charge in [0.1, 0.15) is 0 Å². The molecule has 0 aromatic carbocycles. The molecule has 2 unspecified atom stereocenters. The average molecular weight is 255 g/mol. The van der Waals surface area contributed by atoms with Crippen LogP contribution in [0.25, 0.3) is 0 Å². The summed E-state index contributed by atoms with van der Waals surface area (Å²) in [5.41, 5.74) is -0.462. The summed E-state index contributed by atoms with van der Waals surface area (Å²) in [6.07, 6.45) is 8.66. The maximum absolute atomic E-state index is 10.5. The molecule has 106 valence electrons. The van der Waals surface area contributed by atoms with Crippen LogP contribution in [0.2, 0.25) is 0 Å². The number of ether oxygens (including phenoxy) is 1. The molecule has 1 aliphatic carbocycles. The number of hydrogen-bond donors (Lipinski definition) is 2. The molecule has 1 saturated carbocycles. The molecule has 1 saturated heterocycles.